The second-order valence-electron chi connectivity index (χ2n) is 12.6. The Morgan fingerprint density at radius 2 is 1.04 bits per heavy atom. The summed E-state index contributed by atoms with van der Waals surface area (Å²) in [7, 11) is -4.76. The van der Waals surface area contributed by atoms with Crippen molar-refractivity contribution in [2.75, 3.05) is 13.2 Å². The first-order valence-electron chi connectivity index (χ1n) is 18.9. The monoisotopic (exact) mass is 696 g/mol. The van der Waals surface area contributed by atoms with Crippen LogP contribution in [-0.4, -0.2) is 41.0 Å². The first kappa shape index (κ1) is 46.0. The molecular formula is C39H69O8P. The third-order valence-electron chi connectivity index (χ3n) is 7.98. The lowest BCUT2D eigenvalue weighted by Crippen LogP contribution is -2.29. The van der Waals surface area contributed by atoms with Gasteiger partial charge in [-0.3, -0.25) is 14.1 Å². The van der Waals surface area contributed by atoms with Gasteiger partial charge in [0.05, 0.1) is 6.61 Å². The molecule has 0 saturated carbocycles. The first-order chi connectivity index (χ1) is 23.3. The van der Waals surface area contributed by atoms with Crippen molar-refractivity contribution in [3.05, 3.63) is 49.1 Å². The smallest absolute Gasteiger partial charge is 0.462 e. The molecule has 0 aliphatic rings. The number of hydrogen-bond donors (Lipinski definition) is 2. The highest BCUT2D eigenvalue weighted by Crippen LogP contribution is 2.36. The molecule has 0 amide bonds. The maximum absolute atomic E-state index is 12.4. The molecule has 0 aliphatic carbocycles. The maximum Gasteiger partial charge on any atom is 0.469 e. The summed E-state index contributed by atoms with van der Waals surface area (Å²) in [5.74, 6) is -0.909. The van der Waals surface area contributed by atoms with Gasteiger partial charge in [0, 0.05) is 12.8 Å². The molecule has 0 fully saturated rings. The van der Waals surface area contributed by atoms with E-state index >= 15 is 0 Å². The number of ether oxygens (including phenoxy) is 2. The Hall–Kier alpha value is -1.99. The predicted molar refractivity (Wildman–Crippen MR) is 198 cm³/mol. The third kappa shape index (κ3) is 36.8. The van der Waals surface area contributed by atoms with E-state index in [0.717, 1.165) is 77.0 Å². The minimum absolute atomic E-state index is 0.191. The van der Waals surface area contributed by atoms with Crippen LogP contribution in [0.15, 0.2) is 49.1 Å². The summed E-state index contributed by atoms with van der Waals surface area (Å²) < 4.78 is 26.3. The molecule has 0 aliphatic heterocycles. The van der Waals surface area contributed by atoms with Crippen molar-refractivity contribution in [2.24, 2.45) is 0 Å². The number of esters is 2. The van der Waals surface area contributed by atoms with Gasteiger partial charge in [0.15, 0.2) is 6.10 Å². The molecule has 48 heavy (non-hydrogen) atoms. The van der Waals surface area contributed by atoms with Crippen LogP contribution in [0.3, 0.4) is 0 Å². The van der Waals surface area contributed by atoms with Gasteiger partial charge in [0.2, 0.25) is 0 Å². The molecule has 0 aromatic rings. The van der Waals surface area contributed by atoms with Crippen molar-refractivity contribution in [2.45, 2.75) is 174 Å². The standard InChI is InChI=1S/C39H69O8P/c1-3-5-7-9-11-13-15-17-19-21-23-25-27-29-31-33-38(40)45-35-37(36-46-48(42,43)44)47-39(41)34-32-30-28-26-24-22-20-18-16-14-12-10-8-6-4-2/h3,6,8,12,14,18,20,37H,1,4-5,7,9-11,13,15-17,19,21-36H2,2H3,(H2,42,43,44)/b8-6+,14-12+,20-18+/t37-/m1/s1. The number of carbonyl (C=O) groups is 2. The maximum atomic E-state index is 12.4. The Morgan fingerprint density at radius 3 is 1.54 bits per heavy atom. The number of hydrogen-bond acceptors (Lipinski definition) is 6. The van der Waals surface area contributed by atoms with Crippen LogP contribution in [0.2, 0.25) is 0 Å². The number of phosphoric ester groups is 1. The Bertz CT molecular complexity index is 908. The fraction of sp³-hybridized carbons (Fsp3) is 0.744. The normalized spacial score (nSPS) is 12.7. The third-order valence-corrected chi connectivity index (χ3v) is 8.46. The van der Waals surface area contributed by atoms with Crippen LogP contribution in [0.5, 0.6) is 0 Å². The van der Waals surface area contributed by atoms with Crippen molar-refractivity contribution < 1.29 is 37.9 Å². The minimum Gasteiger partial charge on any atom is -0.462 e. The highest BCUT2D eigenvalue weighted by atomic mass is 31.2. The highest BCUT2D eigenvalue weighted by molar-refractivity contribution is 7.46. The molecule has 0 aromatic carbocycles. The summed E-state index contributed by atoms with van der Waals surface area (Å²) in [6, 6.07) is 0. The van der Waals surface area contributed by atoms with E-state index in [1.54, 1.807) is 0 Å². The van der Waals surface area contributed by atoms with E-state index in [1.807, 2.05) is 6.08 Å². The summed E-state index contributed by atoms with van der Waals surface area (Å²) in [4.78, 5) is 42.7. The average Bonchev–Trinajstić information content (AvgIpc) is 3.05. The van der Waals surface area contributed by atoms with Crippen LogP contribution in [0.4, 0.5) is 0 Å². The van der Waals surface area contributed by atoms with Crippen molar-refractivity contribution in [1.29, 1.82) is 0 Å². The topological polar surface area (TPSA) is 119 Å². The zero-order valence-corrected chi connectivity index (χ0v) is 31.1. The lowest BCUT2D eigenvalue weighted by molar-refractivity contribution is -0.161. The summed E-state index contributed by atoms with van der Waals surface area (Å²) in [5, 5.41) is 0. The number of unbranched alkanes of at least 4 members (excludes halogenated alkanes) is 18. The molecule has 0 rings (SSSR count). The highest BCUT2D eigenvalue weighted by Gasteiger charge is 2.22. The summed E-state index contributed by atoms with van der Waals surface area (Å²) in [6.07, 6.45) is 40.1. The Morgan fingerprint density at radius 1 is 0.604 bits per heavy atom. The van der Waals surface area contributed by atoms with Crippen LogP contribution in [-0.2, 0) is 28.2 Å². The molecule has 2 N–H and O–H groups in total. The van der Waals surface area contributed by atoms with E-state index in [-0.39, 0.29) is 19.4 Å². The number of allylic oxidation sites excluding steroid dienone is 7. The van der Waals surface area contributed by atoms with Gasteiger partial charge in [-0.2, -0.15) is 0 Å². The quantitative estimate of drug-likeness (QED) is 0.0291. The SMILES string of the molecule is C=CCCCCCCCCCCCCCCCC(=O)OC[C@H](COP(=O)(O)O)OC(=O)CCCCCCC/C=C/C/C=C/C/C=C/CC. The molecule has 0 heterocycles. The number of phosphoric acid groups is 1. The molecule has 0 spiro atoms. The van der Waals surface area contributed by atoms with E-state index in [2.05, 4.69) is 54.5 Å². The first-order valence-corrected chi connectivity index (χ1v) is 20.4. The molecule has 0 saturated heterocycles. The zero-order chi connectivity index (χ0) is 35.4. The molecular weight excluding hydrogens is 627 g/mol. The van der Waals surface area contributed by atoms with Crippen LogP contribution < -0.4 is 0 Å². The van der Waals surface area contributed by atoms with Gasteiger partial charge >= 0.3 is 19.8 Å². The zero-order valence-electron chi connectivity index (χ0n) is 30.2. The van der Waals surface area contributed by atoms with Gasteiger partial charge in [-0.05, 0) is 57.8 Å². The van der Waals surface area contributed by atoms with Crippen molar-refractivity contribution in [1.82, 2.24) is 0 Å². The molecule has 0 unspecified atom stereocenters. The van der Waals surface area contributed by atoms with Crippen LogP contribution in [0, 0.1) is 0 Å². The summed E-state index contributed by atoms with van der Waals surface area (Å²) in [5.41, 5.74) is 0. The lowest BCUT2D eigenvalue weighted by atomic mass is 10.0. The fourth-order valence-corrected chi connectivity index (χ4v) is 5.55. The van der Waals surface area contributed by atoms with Crippen LogP contribution >= 0.6 is 7.82 Å². The van der Waals surface area contributed by atoms with Gasteiger partial charge in [0.25, 0.3) is 0 Å². The Balaban J connectivity index is 3.97. The molecule has 9 heteroatoms. The number of carbonyl (C=O) groups excluding carboxylic acids is 2. The van der Waals surface area contributed by atoms with Crippen molar-refractivity contribution >= 4 is 19.8 Å². The second-order valence-corrected chi connectivity index (χ2v) is 13.8. The largest absolute Gasteiger partial charge is 0.469 e. The van der Waals surface area contributed by atoms with E-state index in [0.29, 0.717) is 6.42 Å². The lowest BCUT2D eigenvalue weighted by Gasteiger charge is -2.18. The molecule has 278 valence electrons. The van der Waals surface area contributed by atoms with Gasteiger partial charge in [0.1, 0.15) is 6.61 Å². The minimum atomic E-state index is -4.76. The Kier molecular flexibility index (Phi) is 33.4. The van der Waals surface area contributed by atoms with Crippen LogP contribution in [0.25, 0.3) is 0 Å². The molecule has 1 atom stereocenters. The van der Waals surface area contributed by atoms with Gasteiger partial charge < -0.3 is 19.3 Å². The predicted octanol–water partition coefficient (Wildman–Crippen LogP) is 11.2. The second kappa shape index (κ2) is 34.9. The van der Waals surface area contributed by atoms with Gasteiger partial charge in [-0.25, -0.2) is 4.57 Å². The van der Waals surface area contributed by atoms with Crippen molar-refractivity contribution in [3.8, 4) is 0 Å². The Labute approximate surface area is 293 Å². The van der Waals surface area contributed by atoms with E-state index in [9.17, 15) is 14.2 Å². The summed E-state index contributed by atoms with van der Waals surface area (Å²) >= 11 is 0. The molecule has 0 aromatic heterocycles. The van der Waals surface area contributed by atoms with E-state index in [1.165, 1.54) is 64.2 Å². The van der Waals surface area contributed by atoms with Crippen molar-refractivity contribution in [3.63, 3.8) is 0 Å². The van der Waals surface area contributed by atoms with Gasteiger partial charge in [-0.15, -0.1) is 6.58 Å². The van der Waals surface area contributed by atoms with Crippen LogP contribution in [0.1, 0.15) is 167 Å². The molecule has 8 nitrogen and oxygen atoms in total. The van der Waals surface area contributed by atoms with Gasteiger partial charge in [-0.1, -0.05) is 139 Å². The summed E-state index contributed by atoms with van der Waals surface area (Å²) in [6.45, 7) is 5.06. The van der Waals surface area contributed by atoms with E-state index in [4.69, 9.17) is 19.3 Å². The molecule has 0 radical (unpaired) electrons. The molecule has 0 bridgehead atoms. The average molecular weight is 697 g/mol. The number of rotatable bonds is 35. The fourth-order valence-electron chi connectivity index (χ4n) is 5.19. The van der Waals surface area contributed by atoms with E-state index < -0.39 is 32.5 Å².